The Bertz CT molecular complexity index is 779. The van der Waals surface area contributed by atoms with Crippen molar-refractivity contribution in [3.05, 3.63) is 46.5 Å². The van der Waals surface area contributed by atoms with Gasteiger partial charge in [0.25, 0.3) is 0 Å². The van der Waals surface area contributed by atoms with E-state index in [-0.39, 0.29) is 0 Å². The van der Waals surface area contributed by atoms with Gasteiger partial charge < -0.3 is 4.52 Å². The van der Waals surface area contributed by atoms with Crippen LogP contribution >= 0.6 is 15.9 Å². The maximum Gasteiger partial charge on any atom is 0.242 e. The first-order valence-corrected chi connectivity index (χ1v) is 7.45. The maximum atomic E-state index is 5.37. The van der Waals surface area contributed by atoms with Gasteiger partial charge in [-0.05, 0) is 30.0 Å². The first-order valence-electron chi connectivity index (χ1n) is 6.66. The van der Waals surface area contributed by atoms with E-state index in [9.17, 15) is 0 Å². The average Bonchev–Trinajstić information content (AvgIpc) is 2.92. The Hall–Kier alpha value is -2.02. The Morgan fingerprint density at radius 1 is 1.19 bits per heavy atom. The van der Waals surface area contributed by atoms with Gasteiger partial charge in [-0.25, -0.2) is 4.98 Å². The lowest BCUT2D eigenvalue weighted by Crippen LogP contribution is -1.89. The molecule has 1 aromatic carbocycles. The Balaban J connectivity index is 1.54. The van der Waals surface area contributed by atoms with Crippen molar-refractivity contribution in [2.24, 2.45) is 7.05 Å². The molecule has 1 aliphatic carbocycles. The van der Waals surface area contributed by atoms with Gasteiger partial charge in [-0.3, -0.25) is 4.68 Å². The summed E-state index contributed by atoms with van der Waals surface area (Å²) in [4.78, 5) is 8.55. The first-order chi connectivity index (χ1) is 10.2. The zero-order valence-corrected chi connectivity index (χ0v) is 12.9. The molecule has 0 bridgehead atoms. The van der Waals surface area contributed by atoms with Crippen LogP contribution in [0.5, 0.6) is 0 Å². The quantitative estimate of drug-likeness (QED) is 0.729. The SMILES string of the molecule is Cn1cnc(-c2noc([C@@H]3C[C@H]3c3ccc(Br)cc3)n2)n1. The van der Waals surface area contributed by atoms with Gasteiger partial charge in [0, 0.05) is 17.4 Å². The summed E-state index contributed by atoms with van der Waals surface area (Å²) in [6.45, 7) is 0. The molecule has 106 valence electrons. The van der Waals surface area contributed by atoms with Gasteiger partial charge in [-0.2, -0.15) is 4.98 Å². The first kappa shape index (κ1) is 12.7. The van der Waals surface area contributed by atoms with Crippen molar-refractivity contribution in [2.75, 3.05) is 0 Å². The molecule has 2 atom stereocenters. The second-order valence-electron chi connectivity index (χ2n) is 5.20. The number of benzene rings is 1. The number of rotatable bonds is 3. The molecule has 1 aliphatic rings. The van der Waals surface area contributed by atoms with Crippen LogP contribution in [0.2, 0.25) is 0 Å². The lowest BCUT2D eigenvalue weighted by molar-refractivity contribution is 0.378. The lowest BCUT2D eigenvalue weighted by Gasteiger charge is -1.98. The summed E-state index contributed by atoms with van der Waals surface area (Å²) >= 11 is 3.45. The largest absolute Gasteiger partial charge is 0.339 e. The van der Waals surface area contributed by atoms with Crippen LogP contribution in [0, 0.1) is 0 Å². The van der Waals surface area contributed by atoms with E-state index < -0.39 is 0 Å². The molecule has 1 saturated carbocycles. The zero-order chi connectivity index (χ0) is 14.4. The second-order valence-corrected chi connectivity index (χ2v) is 6.11. The van der Waals surface area contributed by atoms with E-state index in [1.165, 1.54) is 5.56 Å². The van der Waals surface area contributed by atoms with Crippen LogP contribution in [0.1, 0.15) is 29.7 Å². The predicted octanol–water partition coefficient (Wildman–Crippen LogP) is 2.90. The van der Waals surface area contributed by atoms with Crippen molar-refractivity contribution in [2.45, 2.75) is 18.3 Å². The monoisotopic (exact) mass is 345 g/mol. The van der Waals surface area contributed by atoms with E-state index in [0.29, 0.717) is 29.4 Å². The molecular weight excluding hydrogens is 334 g/mol. The second kappa shape index (κ2) is 4.77. The highest BCUT2D eigenvalue weighted by atomic mass is 79.9. The number of aryl methyl sites for hydroxylation is 1. The van der Waals surface area contributed by atoms with Crippen LogP contribution in [0.15, 0.2) is 39.6 Å². The van der Waals surface area contributed by atoms with Crippen molar-refractivity contribution in [3.8, 4) is 11.6 Å². The van der Waals surface area contributed by atoms with Crippen LogP contribution in [0.3, 0.4) is 0 Å². The molecule has 0 spiro atoms. The van der Waals surface area contributed by atoms with Crippen molar-refractivity contribution >= 4 is 15.9 Å². The van der Waals surface area contributed by atoms with Crippen molar-refractivity contribution < 1.29 is 4.52 Å². The van der Waals surface area contributed by atoms with E-state index in [2.05, 4.69) is 60.4 Å². The molecule has 1 fully saturated rings. The van der Waals surface area contributed by atoms with E-state index >= 15 is 0 Å². The molecule has 21 heavy (non-hydrogen) atoms. The Labute approximate surface area is 129 Å². The van der Waals surface area contributed by atoms with Gasteiger partial charge >= 0.3 is 0 Å². The molecule has 0 radical (unpaired) electrons. The summed E-state index contributed by atoms with van der Waals surface area (Å²) in [5.74, 6) is 2.38. The topological polar surface area (TPSA) is 69.6 Å². The minimum Gasteiger partial charge on any atom is -0.339 e. The fraction of sp³-hybridized carbons (Fsp3) is 0.286. The molecule has 2 aromatic heterocycles. The molecule has 6 nitrogen and oxygen atoms in total. The van der Waals surface area contributed by atoms with Crippen LogP contribution in [-0.2, 0) is 7.05 Å². The number of nitrogens with zero attached hydrogens (tertiary/aromatic N) is 5. The third-order valence-electron chi connectivity index (χ3n) is 3.65. The van der Waals surface area contributed by atoms with Gasteiger partial charge in [0.2, 0.25) is 17.5 Å². The molecule has 4 rings (SSSR count). The third-order valence-corrected chi connectivity index (χ3v) is 4.18. The predicted molar refractivity (Wildman–Crippen MR) is 78.5 cm³/mol. The molecule has 0 saturated heterocycles. The Morgan fingerprint density at radius 3 is 2.71 bits per heavy atom. The average molecular weight is 346 g/mol. The zero-order valence-electron chi connectivity index (χ0n) is 11.3. The van der Waals surface area contributed by atoms with Crippen LogP contribution < -0.4 is 0 Å². The minimum atomic E-state index is 0.302. The molecule has 0 N–H and O–H groups in total. The molecule has 0 aliphatic heterocycles. The summed E-state index contributed by atoms with van der Waals surface area (Å²) in [5.41, 5.74) is 1.30. The number of hydrogen-bond donors (Lipinski definition) is 0. The number of aromatic nitrogens is 5. The summed E-state index contributed by atoms with van der Waals surface area (Å²) in [5, 5.41) is 8.15. The summed E-state index contributed by atoms with van der Waals surface area (Å²) < 4.78 is 8.07. The van der Waals surface area contributed by atoms with E-state index in [0.717, 1.165) is 10.9 Å². The van der Waals surface area contributed by atoms with Gasteiger partial charge in [0.15, 0.2) is 0 Å². The highest BCUT2D eigenvalue weighted by molar-refractivity contribution is 9.10. The Kier molecular flexibility index (Phi) is 2.88. The molecule has 0 amide bonds. The number of halogens is 1. The molecule has 3 aromatic rings. The molecule has 0 unspecified atom stereocenters. The van der Waals surface area contributed by atoms with Crippen molar-refractivity contribution in [1.29, 1.82) is 0 Å². The fourth-order valence-electron chi connectivity index (χ4n) is 2.46. The van der Waals surface area contributed by atoms with E-state index in [1.807, 2.05) is 7.05 Å². The standard InChI is InChI=1S/C14H12BrN5O/c1-20-7-16-12(18-20)13-17-14(21-19-13)11-6-10(11)8-2-4-9(15)5-3-8/h2-5,7,10-11H,6H2,1H3/t10-,11+/m0/s1. The lowest BCUT2D eigenvalue weighted by atomic mass is 10.1. The third kappa shape index (κ3) is 2.37. The smallest absolute Gasteiger partial charge is 0.242 e. The summed E-state index contributed by atoms with van der Waals surface area (Å²) in [6.07, 6.45) is 2.66. The molecule has 7 heteroatoms. The minimum absolute atomic E-state index is 0.302. The van der Waals surface area contributed by atoms with Crippen LogP contribution in [0.25, 0.3) is 11.6 Å². The van der Waals surface area contributed by atoms with E-state index in [4.69, 9.17) is 4.52 Å². The number of hydrogen-bond acceptors (Lipinski definition) is 5. The van der Waals surface area contributed by atoms with Crippen LogP contribution in [-0.4, -0.2) is 24.9 Å². The normalized spacial score (nSPS) is 20.7. The highest BCUT2D eigenvalue weighted by Crippen LogP contribution is 2.54. The van der Waals surface area contributed by atoms with Crippen molar-refractivity contribution in [1.82, 2.24) is 24.9 Å². The molecule has 2 heterocycles. The molecular formula is C14H12BrN5O. The fourth-order valence-corrected chi connectivity index (χ4v) is 2.73. The van der Waals surface area contributed by atoms with Crippen LogP contribution in [0.4, 0.5) is 0 Å². The van der Waals surface area contributed by atoms with Gasteiger partial charge in [-0.1, -0.05) is 33.2 Å². The highest BCUT2D eigenvalue weighted by Gasteiger charge is 2.43. The summed E-state index contributed by atoms with van der Waals surface area (Å²) in [7, 11) is 1.81. The van der Waals surface area contributed by atoms with Gasteiger partial charge in [-0.15, -0.1) is 5.10 Å². The Morgan fingerprint density at radius 2 is 2.00 bits per heavy atom. The van der Waals surface area contributed by atoms with Gasteiger partial charge in [0.1, 0.15) is 6.33 Å². The van der Waals surface area contributed by atoms with E-state index in [1.54, 1.807) is 11.0 Å². The maximum absolute atomic E-state index is 5.37. The summed E-state index contributed by atoms with van der Waals surface area (Å²) in [6, 6.07) is 8.38. The van der Waals surface area contributed by atoms with Gasteiger partial charge in [0.05, 0.1) is 0 Å². The van der Waals surface area contributed by atoms with Crippen molar-refractivity contribution in [3.63, 3.8) is 0 Å².